The Bertz CT molecular complexity index is 889. The number of hydrogen-bond acceptors (Lipinski definition) is 4. The Morgan fingerprint density at radius 1 is 1.03 bits per heavy atom. The first kappa shape index (κ1) is 22.9. The van der Waals surface area contributed by atoms with Crippen LogP contribution in [0.4, 0.5) is 0 Å². The summed E-state index contributed by atoms with van der Waals surface area (Å²) in [6.07, 6.45) is 0.243. The molecular weight excluding hydrogens is 388 g/mol. The molecule has 0 aliphatic rings. The van der Waals surface area contributed by atoms with Crippen molar-refractivity contribution in [2.75, 3.05) is 19.7 Å². The second-order valence-corrected chi connectivity index (χ2v) is 8.80. The minimum Gasteiger partial charge on any atom is -0.493 e. The Morgan fingerprint density at radius 3 is 2.17 bits per heavy atom. The number of nitrogens with one attached hydrogen (secondary N) is 1. The van der Waals surface area contributed by atoms with E-state index in [9.17, 15) is 13.2 Å². The first-order valence-corrected chi connectivity index (χ1v) is 11.3. The lowest BCUT2D eigenvalue weighted by Crippen LogP contribution is -2.30. The van der Waals surface area contributed by atoms with Gasteiger partial charge in [0.05, 0.1) is 24.0 Å². The topological polar surface area (TPSA) is 75.7 Å². The third kappa shape index (κ3) is 6.30. The molecule has 0 heterocycles. The number of hydrogen-bond donors (Lipinski definition) is 1. The Labute approximate surface area is 173 Å². The summed E-state index contributed by atoms with van der Waals surface area (Å²) in [6.45, 7) is 8.65. The lowest BCUT2D eigenvalue weighted by atomic mass is 10.1. The number of amides is 1. The number of ether oxygens (including phenoxy) is 1. The summed E-state index contributed by atoms with van der Waals surface area (Å²) < 4.78 is 32.1. The van der Waals surface area contributed by atoms with Crippen LogP contribution >= 0.6 is 0 Å². The minimum absolute atomic E-state index is 0.121. The summed E-state index contributed by atoms with van der Waals surface area (Å²) >= 11 is 0. The number of nitrogens with zero attached hydrogens (tertiary/aromatic N) is 1. The van der Waals surface area contributed by atoms with E-state index < -0.39 is 10.0 Å². The molecule has 0 unspecified atom stereocenters. The fourth-order valence-corrected chi connectivity index (χ4v) is 4.39. The SMILES string of the molecule is CCN(CC)S(=O)(=O)c1ccc([C@@H](C)NC(=O)CCOc2ccc(C)cc2)cc1. The standard InChI is InChI=1S/C22H30N2O4S/c1-5-24(6-2)29(26,27)21-13-9-19(10-14-21)18(4)23-22(25)15-16-28-20-11-7-17(3)8-12-20/h7-14,18H,5-6,15-16H2,1-4H3,(H,23,25)/t18-/m1/s1. The summed E-state index contributed by atoms with van der Waals surface area (Å²) in [4.78, 5) is 12.4. The highest BCUT2D eigenvalue weighted by atomic mass is 32.2. The van der Waals surface area contributed by atoms with Gasteiger partial charge in [0.15, 0.2) is 0 Å². The Balaban J connectivity index is 1.89. The summed E-state index contributed by atoms with van der Waals surface area (Å²) in [5.41, 5.74) is 2.00. The highest BCUT2D eigenvalue weighted by Crippen LogP contribution is 2.19. The fourth-order valence-electron chi connectivity index (χ4n) is 2.93. The van der Waals surface area contributed by atoms with Crippen LogP contribution < -0.4 is 10.1 Å². The fraction of sp³-hybridized carbons (Fsp3) is 0.409. The molecule has 0 aliphatic heterocycles. The third-order valence-corrected chi connectivity index (χ3v) is 6.78. The van der Waals surface area contributed by atoms with Crippen LogP contribution in [0.5, 0.6) is 5.75 Å². The summed E-state index contributed by atoms with van der Waals surface area (Å²) in [7, 11) is -3.48. The molecule has 0 aliphatic carbocycles. The van der Waals surface area contributed by atoms with E-state index in [0.717, 1.165) is 16.9 Å². The number of aryl methyl sites for hydroxylation is 1. The Morgan fingerprint density at radius 2 is 1.62 bits per heavy atom. The maximum Gasteiger partial charge on any atom is 0.243 e. The van der Waals surface area contributed by atoms with Gasteiger partial charge in [-0.2, -0.15) is 4.31 Å². The molecule has 0 saturated carbocycles. The first-order chi connectivity index (χ1) is 13.8. The van der Waals surface area contributed by atoms with Crippen LogP contribution in [0.25, 0.3) is 0 Å². The monoisotopic (exact) mass is 418 g/mol. The molecular formula is C22H30N2O4S. The quantitative estimate of drug-likeness (QED) is 0.639. The second kappa shape index (κ2) is 10.4. The van der Waals surface area contributed by atoms with Gasteiger partial charge in [-0.25, -0.2) is 8.42 Å². The van der Waals surface area contributed by atoms with E-state index in [2.05, 4.69) is 5.32 Å². The van der Waals surface area contributed by atoms with Gasteiger partial charge in [0.25, 0.3) is 0 Å². The van der Waals surface area contributed by atoms with Gasteiger partial charge >= 0.3 is 0 Å². The molecule has 0 bridgehead atoms. The highest BCUT2D eigenvalue weighted by molar-refractivity contribution is 7.89. The Hall–Kier alpha value is -2.38. The average Bonchev–Trinajstić information content (AvgIpc) is 2.70. The van der Waals surface area contributed by atoms with Gasteiger partial charge in [-0.15, -0.1) is 0 Å². The number of carbonyl (C=O) groups excluding carboxylic acids is 1. The van der Waals surface area contributed by atoms with Crippen LogP contribution in [0.2, 0.25) is 0 Å². The molecule has 0 aromatic heterocycles. The van der Waals surface area contributed by atoms with Crippen molar-refractivity contribution in [3.05, 3.63) is 59.7 Å². The van der Waals surface area contributed by atoms with Crippen LogP contribution in [0.1, 0.15) is 44.4 Å². The van der Waals surface area contributed by atoms with Crippen molar-refractivity contribution in [3.8, 4) is 5.75 Å². The molecule has 0 spiro atoms. The van der Waals surface area contributed by atoms with E-state index in [1.165, 1.54) is 4.31 Å². The van der Waals surface area contributed by atoms with Crippen molar-refractivity contribution in [2.45, 2.75) is 45.1 Å². The van der Waals surface area contributed by atoms with E-state index >= 15 is 0 Å². The van der Waals surface area contributed by atoms with Gasteiger partial charge in [0.1, 0.15) is 5.75 Å². The lowest BCUT2D eigenvalue weighted by molar-refractivity contribution is -0.122. The van der Waals surface area contributed by atoms with Crippen LogP contribution in [0, 0.1) is 6.92 Å². The Kier molecular flexibility index (Phi) is 8.22. The number of carbonyl (C=O) groups is 1. The van der Waals surface area contributed by atoms with Gasteiger partial charge in [-0.05, 0) is 43.7 Å². The van der Waals surface area contributed by atoms with Crippen molar-refractivity contribution in [1.82, 2.24) is 9.62 Å². The number of rotatable bonds is 10. The van der Waals surface area contributed by atoms with Crippen LogP contribution in [-0.4, -0.2) is 38.3 Å². The van der Waals surface area contributed by atoms with Gasteiger partial charge in [0.2, 0.25) is 15.9 Å². The molecule has 1 N–H and O–H groups in total. The van der Waals surface area contributed by atoms with E-state index in [1.54, 1.807) is 24.3 Å². The molecule has 0 fully saturated rings. The number of sulfonamides is 1. The molecule has 1 atom stereocenters. The van der Waals surface area contributed by atoms with E-state index in [1.807, 2.05) is 52.0 Å². The first-order valence-electron chi connectivity index (χ1n) is 9.86. The van der Waals surface area contributed by atoms with Gasteiger partial charge in [0, 0.05) is 13.1 Å². The largest absolute Gasteiger partial charge is 0.493 e. The second-order valence-electron chi connectivity index (χ2n) is 6.86. The summed E-state index contributed by atoms with van der Waals surface area (Å²) in [6, 6.07) is 14.1. The molecule has 1 amide bonds. The molecule has 6 nitrogen and oxygen atoms in total. The number of benzene rings is 2. The van der Waals surface area contributed by atoms with Crippen LogP contribution in [-0.2, 0) is 14.8 Å². The molecule has 2 aromatic rings. The smallest absolute Gasteiger partial charge is 0.243 e. The van der Waals surface area contributed by atoms with Gasteiger partial charge < -0.3 is 10.1 Å². The summed E-state index contributed by atoms with van der Waals surface area (Å²) in [5.74, 6) is 0.617. The molecule has 29 heavy (non-hydrogen) atoms. The van der Waals surface area contributed by atoms with Crippen molar-refractivity contribution in [2.24, 2.45) is 0 Å². The molecule has 0 saturated heterocycles. The van der Waals surface area contributed by atoms with Crippen LogP contribution in [0.3, 0.4) is 0 Å². The third-order valence-electron chi connectivity index (χ3n) is 4.72. The van der Waals surface area contributed by atoms with Gasteiger partial charge in [-0.3, -0.25) is 4.79 Å². The minimum atomic E-state index is -3.48. The highest BCUT2D eigenvalue weighted by Gasteiger charge is 2.21. The van der Waals surface area contributed by atoms with Gasteiger partial charge in [-0.1, -0.05) is 43.7 Å². The zero-order chi connectivity index (χ0) is 21.4. The molecule has 7 heteroatoms. The maximum atomic E-state index is 12.5. The molecule has 0 radical (unpaired) electrons. The maximum absolute atomic E-state index is 12.5. The molecule has 2 rings (SSSR count). The van der Waals surface area contributed by atoms with E-state index in [-0.39, 0.29) is 23.3 Å². The van der Waals surface area contributed by atoms with Crippen molar-refractivity contribution < 1.29 is 17.9 Å². The van der Waals surface area contributed by atoms with E-state index in [4.69, 9.17) is 4.74 Å². The zero-order valence-electron chi connectivity index (χ0n) is 17.5. The van der Waals surface area contributed by atoms with Crippen molar-refractivity contribution in [1.29, 1.82) is 0 Å². The van der Waals surface area contributed by atoms with E-state index in [0.29, 0.717) is 19.7 Å². The average molecular weight is 419 g/mol. The lowest BCUT2D eigenvalue weighted by Gasteiger charge is -2.19. The molecule has 2 aromatic carbocycles. The van der Waals surface area contributed by atoms with Crippen LogP contribution in [0.15, 0.2) is 53.4 Å². The normalized spacial score (nSPS) is 12.6. The predicted molar refractivity (Wildman–Crippen MR) is 114 cm³/mol. The van der Waals surface area contributed by atoms with Crippen molar-refractivity contribution >= 4 is 15.9 Å². The van der Waals surface area contributed by atoms with Crippen molar-refractivity contribution in [3.63, 3.8) is 0 Å². The predicted octanol–water partition coefficient (Wildman–Crippen LogP) is 3.67. The molecule has 158 valence electrons. The zero-order valence-corrected chi connectivity index (χ0v) is 18.3. The summed E-state index contributed by atoms with van der Waals surface area (Å²) in [5, 5.41) is 2.92.